The first-order valence-electron chi connectivity index (χ1n) is 1.66. The van der Waals surface area contributed by atoms with E-state index in [0.717, 1.165) is 0 Å². The van der Waals surface area contributed by atoms with E-state index in [1.807, 2.05) is 0 Å². The predicted molar refractivity (Wildman–Crippen MR) is 47.2 cm³/mol. The van der Waals surface area contributed by atoms with Gasteiger partial charge in [-0.15, -0.1) is 9.24 Å². The second-order valence-corrected chi connectivity index (χ2v) is 1.47. The summed E-state index contributed by atoms with van der Waals surface area (Å²) in [5, 5.41) is 0. The summed E-state index contributed by atoms with van der Waals surface area (Å²) < 4.78 is 8.46. The Kier molecular flexibility index (Phi) is 450. The first-order valence-corrected chi connectivity index (χ1v) is 3.25. The lowest BCUT2D eigenvalue weighted by molar-refractivity contribution is 0.524. The van der Waals surface area contributed by atoms with Crippen molar-refractivity contribution >= 4 is 17.9 Å². The number of hydrogen-bond donors (Lipinski definition) is 1. The minimum atomic E-state index is -0.833. The molecule has 0 spiro atoms. The molecule has 10 heavy (non-hydrogen) atoms. The summed E-state index contributed by atoms with van der Waals surface area (Å²) in [5.74, 6) is 0. The quantitative estimate of drug-likeness (QED) is 0.576. The molecule has 7 heteroatoms. The third-order valence-electron chi connectivity index (χ3n) is 0. The van der Waals surface area contributed by atoms with Gasteiger partial charge < -0.3 is 10.4 Å². The van der Waals surface area contributed by atoms with Gasteiger partial charge in [0.15, 0.2) is 0 Å². The highest BCUT2D eigenvalue weighted by Crippen LogP contribution is 1.68. The van der Waals surface area contributed by atoms with E-state index in [4.69, 9.17) is 19.4 Å². The molecule has 0 heterocycles. The Bertz CT molecular complexity index is 36.1. The molecule has 0 saturated heterocycles. The standard InChI is InChI=1S/C2H7P.CH4.HO2P.O2.H2O/c1-2-3;;1-3-2;1-2;/h2-3H2,1H3;1H4;(H,1,2);;1H2. The highest BCUT2D eigenvalue weighted by molar-refractivity contribution is 7.16. The van der Waals surface area contributed by atoms with Crippen molar-refractivity contribution in [2.24, 2.45) is 0 Å². The van der Waals surface area contributed by atoms with E-state index in [1.165, 1.54) is 6.16 Å². The molecule has 0 bridgehead atoms. The van der Waals surface area contributed by atoms with E-state index >= 15 is 0 Å². The van der Waals surface area contributed by atoms with Gasteiger partial charge in [-0.1, -0.05) is 14.4 Å². The summed E-state index contributed by atoms with van der Waals surface area (Å²) in [4.78, 5) is 21.0. The summed E-state index contributed by atoms with van der Waals surface area (Å²) in [6.07, 6.45) is 1.17. The molecule has 5 nitrogen and oxygen atoms in total. The molecule has 1 unspecified atom stereocenters. The molecule has 0 aliphatic rings. The van der Waals surface area contributed by atoms with Gasteiger partial charge in [0, 0.05) is 9.93 Å². The first kappa shape index (κ1) is 32.3. The Morgan fingerprint density at radius 1 is 1.50 bits per heavy atom. The zero-order valence-electron chi connectivity index (χ0n) is 4.90. The van der Waals surface area contributed by atoms with Crippen LogP contribution < -0.4 is 0 Å². The van der Waals surface area contributed by atoms with E-state index in [1.54, 1.807) is 0 Å². The predicted octanol–water partition coefficient (Wildman–Crippen LogP) is 0.945. The van der Waals surface area contributed by atoms with Gasteiger partial charge in [-0.2, -0.15) is 0 Å². The van der Waals surface area contributed by atoms with E-state index in [9.17, 15) is 0 Å². The Morgan fingerprint density at radius 3 is 1.50 bits per heavy atom. The van der Waals surface area contributed by atoms with Gasteiger partial charge in [-0.25, -0.2) is 4.57 Å². The Labute approximate surface area is 64.2 Å². The smallest absolute Gasteiger partial charge is 0.324 e. The Balaban J connectivity index is -0.0000000116. The third kappa shape index (κ3) is 160000. The molecule has 0 rings (SSSR count). The topological polar surface area (TPSA) is 103 Å². The van der Waals surface area contributed by atoms with Crippen molar-refractivity contribution in [2.45, 2.75) is 14.4 Å². The van der Waals surface area contributed by atoms with E-state index < -0.39 is 8.69 Å². The number of hydrogen-bond acceptors (Lipinski definition) is 3. The van der Waals surface area contributed by atoms with Gasteiger partial charge in [-0.05, 0) is 6.16 Å². The summed E-state index contributed by atoms with van der Waals surface area (Å²) in [5.41, 5.74) is 0. The zero-order valence-corrected chi connectivity index (χ0v) is 6.95. The van der Waals surface area contributed by atoms with Crippen molar-refractivity contribution in [3.8, 4) is 0 Å². The van der Waals surface area contributed by atoms with Crippen LogP contribution in [0.25, 0.3) is 0 Å². The van der Waals surface area contributed by atoms with Crippen LogP contribution >= 0.6 is 17.9 Å². The summed E-state index contributed by atoms with van der Waals surface area (Å²) in [6.45, 7) is 2.09. The van der Waals surface area contributed by atoms with Crippen molar-refractivity contribution in [2.75, 3.05) is 6.16 Å². The second kappa shape index (κ2) is 140. The van der Waals surface area contributed by atoms with Gasteiger partial charge in [0.2, 0.25) is 0 Å². The van der Waals surface area contributed by atoms with Gasteiger partial charge in [0.05, 0.1) is 0 Å². The van der Waals surface area contributed by atoms with Crippen molar-refractivity contribution in [3.05, 3.63) is 9.93 Å². The van der Waals surface area contributed by atoms with Crippen molar-refractivity contribution in [1.82, 2.24) is 0 Å². The lowest BCUT2D eigenvalue weighted by atomic mass is 11.0. The molecule has 0 aliphatic heterocycles. The van der Waals surface area contributed by atoms with Crippen molar-refractivity contribution in [3.63, 3.8) is 0 Å². The second-order valence-electron chi connectivity index (χ2n) is 0.490. The fraction of sp³-hybridized carbons (Fsp3) is 1.00. The average Bonchev–Trinajstić information content (AvgIpc) is 1.75. The Morgan fingerprint density at radius 2 is 1.50 bits per heavy atom. The fourth-order valence-electron chi connectivity index (χ4n) is 0. The van der Waals surface area contributed by atoms with Crippen LogP contribution in [0.2, 0.25) is 0 Å². The summed E-state index contributed by atoms with van der Waals surface area (Å²) >= 11 is 0. The van der Waals surface area contributed by atoms with Crippen LogP contribution in [-0.4, -0.2) is 16.5 Å². The first-order chi connectivity index (χ1) is 3.83. The number of rotatable bonds is 0. The molecule has 0 aromatic carbocycles. The third-order valence-corrected chi connectivity index (χ3v) is 0. The van der Waals surface area contributed by atoms with Crippen LogP contribution in [0.4, 0.5) is 0 Å². The average molecular weight is 192 g/mol. The highest BCUT2D eigenvalue weighted by Gasteiger charge is 1.35. The monoisotopic (exact) mass is 192 g/mol. The maximum Gasteiger partial charge on any atom is 0.324 e. The SMILES string of the molecule is C.CCP.O.O=O.O=PO. The molecule has 66 valence electrons. The van der Waals surface area contributed by atoms with E-state index in [-0.39, 0.29) is 12.9 Å². The van der Waals surface area contributed by atoms with Crippen molar-refractivity contribution < 1.29 is 14.9 Å². The van der Waals surface area contributed by atoms with Crippen LogP contribution in [-0.2, 0) is 4.57 Å². The molecule has 0 aromatic heterocycles. The Hall–Kier alpha value is 0.0500. The van der Waals surface area contributed by atoms with Crippen LogP contribution in [0.1, 0.15) is 14.4 Å². The molecular weight excluding hydrogens is 178 g/mol. The van der Waals surface area contributed by atoms with Crippen LogP contribution in [0.15, 0.2) is 0 Å². The minimum absolute atomic E-state index is 0. The zero-order chi connectivity index (χ0) is 7.41. The van der Waals surface area contributed by atoms with Crippen molar-refractivity contribution in [1.29, 1.82) is 0 Å². The molecule has 0 aromatic rings. The minimum Gasteiger partial charge on any atom is -0.412 e. The van der Waals surface area contributed by atoms with E-state index in [2.05, 4.69) is 16.2 Å². The molecule has 0 fully saturated rings. The molecule has 0 saturated carbocycles. The summed E-state index contributed by atoms with van der Waals surface area (Å²) in [6, 6.07) is 0. The van der Waals surface area contributed by atoms with Gasteiger partial charge in [0.1, 0.15) is 0 Å². The van der Waals surface area contributed by atoms with Crippen LogP contribution in [0, 0.1) is 9.93 Å². The molecule has 0 aliphatic carbocycles. The van der Waals surface area contributed by atoms with Gasteiger partial charge in [0.25, 0.3) is 0 Å². The largest absolute Gasteiger partial charge is 0.412 e. The molecule has 1 atom stereocenters. The maximum atomic E-state index is 8.46. The van der Waals surface area contributed by atoms with Gasteiger partial charge in [-0.3, -0.25) is 0 Å². The lowest BCUT2D eigenvalue weighted by Gasteiger charge is -1.48. The lowest BCUT2D eigenvalue weighted by Crippen LogP contribution is -1.33. The molecule has 0 amide bonds. The molecule has 3 N–H and O–H groups in total. The summed E-state index contributed by atoms with van der Waals surface area (Å²) in [7, 11) is 1.75. The van der Waals surface area contributed by atoms with Crippen LogP contribution in [0.5, 0.6) is 0 Å². The van der Waals surface area contributed by atoms with E-state index in [0.29, 0.717) is 0 Å². The van der Waals surface area contributed by atoms with Crippen LogP contribution in [0.3, 0.4) is 0 Å². The molecule has 0 radical (unpaired) electrons. The normalized spacial score (nSPS) is 4.30. The fourth-order valence-corrected chi connectivity index (χ4v) is 0. The maximum absolute atomic E-state index is 8.46. The molecular formula is C3H14O5P2. The highest BCUT2D eigenvalue weighted by atomic mass is 31.1. The van der Waals surface area contributed by atoms with Gasteiger partial charge >= 0.3 is 8.69 Å².